The molecule has 0 bridgehead atoms. The first kappa shape index (κ1) is 19.9. The number of halogens is 4. The van der Waals surface area contributed by atoms with E-state index in [4.69, 9.17) is 5.73 Å². The van der Waals surface area contributed by atoms with Crippen molar-refractivity contribution in [1.82, 2.24) is 4.57 Å². The maximum absolute atomic E-state index is 14.5. The first-order valence-corrected chi connectivity index (χ1v) is 9.40. The number of carbonyl (C=O) groups excluding carboxylic acids is 1. The van der Waals surface area contributed by atoms with Crippen molar-refractivity contribution in [3.8, 4) is 0 Å². The lowest BCUT2D eigenvalue weighted by molar-refractivity contribution is -0.138. The Balaban J connectivity index is 2.07. The monoisotopic (exact) mass is 414 g/mol. The molecular weight excluding hydrogens is 396 g/mol. The second-order valence-electron chi connectivity index (χ2n) is 7.12. The summed E-state index contributed by atoms with van der Waals surface area (Å²) in [4.78, 5) is 12.0. The molecule has 3 nitrogen and oxygen atoms in total. The summed E-state index contributed by atoms with van der Waals surface area (Å²) in [5, 5.41) is 1.23. The van der Waals surface area contributed by atoms with E-state index in [0.717, 1.165) is 23.8 Å². The molecule has 7 heteroatoms. The minimum atomic E-state index is -4.69. The first-order valence-electron chi connectivity index (χ1n) is 9.40. The molecule has 4 rings (SSSR count). The van der Waals surface area contributed by atoms with Crippen molar-refractivity contribution >= 4 is 27.7 Å². The van der Waals surface area contributed by atoms with Gasteiger partial charge in [-0.05, 0) is 42.3 Å². The highest BCUT2D eigenvalue weighted by Gasteiger charge is 2.34. The van der Waals surface area contributed by atoms with E-state index in [0.29, 0.717) is 28.2 Å². The number of aromatic nitrogens is 1. The van der Waals surface area contributed by atoms with Crippen molar-refractivity contribution in [2.24, 2.45) is 5.73 Å². The van der Waals surface area contributed by atoms with Crippen LogP contribution in [0.15, 0.2) is 54.6 Å². The van der Waals surface area contributed by atoms with Gasteiger partial charge in [-0.15, -0.1) is 0 Å². The van der Waals surface area contributed by atoms with Crippen LogP contribution in [0.1, 0.15) is 34.0 Å². The summed E-state index contributed by atoms with van der Waals surface area (Å²) < 4.78 is 56.8. The van der Waals surface area contributed by atoms with E-state index in [-0.39, 0.29) is 12.1 Å². The zero-order chi connectivity index (χ0) is 21.6. The van der Waals surface area contributed by atoms with E-state index in [2.05, 4.69) is 0 Å². The van der Waals surface area contributed by atoms with Crippen LogP contribution in [0.3, 0.4) is 0 Å². The van der Waals surface area contributed by atoms with E-state index >= 15 is 0 Å². The van der Waals surface area contributed by atoms with Crippen molar-refractivity contribution in [2.75, 3.05) is 0 Å². The first-order chi connectivity index (χ1) is 14.2. The number of carbonyl (C=O) groups is 1. The fourth-order valence-electron chi connectivity index (χ4n) is 3.93. The number of primary amides is 1. The number of rotatable bonds is 4. The predicted molar refractivity (Wildman–Crippen MR) is 108 cm³/mol. The second kappa shape index (κ2) is 7.16. The number of amides is 1. The summed E-state index contributed by atoms with van der Waals surface area (Å²) in [6.07, 6.45) is -3.98. The lowest BCUT2D eigenvalue weighted by Crippen LogP contribution is -2.14. The molecule has 1 aromatic heterocycles. The summed E-state index contributed by atoms with van der Waals surface area (Å²) >= 11 is 0. The fourth-order valence-corrected chi connectivity index (χ4v) is 3.93. The van der Waals surface area contributed by atoms with Crippen LogP contribution in [0.5, 0.6) is 0 Å². The number of benzene rings is 3. The van der Waals surface area contributed by atoms with E-state index < -0.39 is 29.0 Å². The fraction of sp³-hybridized carbons (Fsp3) is 0.174. The third kappa shape index (κ3) is 3.20. The molecule has 0 atom stereocenters. The largest absolute Gasteiger partial charge is 0.416 e. The lowest BCUT2D eigenvalue weighted by Gasteiger charge is -2.16. The quantitative estimate of drug-likeness (QED) is 0.430. The van der Waals surface area contributed by atoms with Crippen LogP contribution in [-0.4, -0.2) is 10.5 Å². The standard InChI is InChI=1S/C23H18F4N2O/c1-2-13-9-10-14-20(11-13)29(19-8-3-5-15(21(14)19)22(28)30)12-16-17(23(25,26)27)6-4-7-18(16)24/h3-11H,2,12H2,1H3,(H2,28,30). The molecule has 0 saturated heterocycles. The van der Waals surface area contributed by atoms with E-state index in [1.165, 1.54) is 0 Å². The highest BCUT2D eigenvalue weighted by molar-refractivity contribution is 6.18. The lowest BCUT2D eigenvalue weighted by atomic mass is 10.0. The van der Waals surface area contributed by atoms with Crippen LogP contribution in [0.25, 0.3) is 21.8 Å². The average molecular weight is 414 g/mol. The zero-order valence-corrected chi connectivity index (χ0v) is 16.1. The van der Waals surface area contributed by atoms with Gasteiger partial charge in [0.25, 0.3) is 0 Å². The van der Waals surface area contributed by atoms with Crippen LogP contribution in [0.4, 0.5) is 17.6 Å². The molecule has 0 aliphatic rings. The Labute approximate surface area is 169 Å². The van der Waals surface area contributed by atoms with Crippen LogP contribution in [0.2, 0.25) is 0 Å². The summed E-state index contributed by atoms with van der Waals surface area (Å²) in [5.74, 6) is -1.57. The molecule has 4 aromatic rings. The van der Waals surface area contributed by atoms with Crippen molar-refractivity contribution in [1.29, 1.82) is 0 Å². The van der Waals surface area contributed by atoms with Gasteiger partial charge in [0.1, 0.15) is 5.82 Å². The van der Waals surface area contributed by atoms with Crippen molar-refractivity contribution in [2.45, 2.75) is 26.1 Å². The molecule has 0 aliphatic carbocycles. The third-order valence-electron chi connectivity index (χ3n) is 5.37. The second-order valence-corrected chi connectivity index (χ2v) is 7.12. The number of fused-ring (bicyclic) bond motifs is 3. The summed E-state index contributed by atoms with van der Waals surface area (Å²) in [7, 11) is 0. The minimum Gasteiger partial charge on any atom is -0.366 e. The molecule has 2 N–H and O–H groups in total. The highest BCUT2D eigenvalue weighted by Crippen LogP contribution is 2.37. The molecule has 0 aliphatic heterocycles. The van der Waals surface area contributed by atoms with E-state index in [1.54, 1.807) is 22.8 Å². The maximum atomic E-state index is 14.5. The maximum Gasteiger partial charge on any atom is 0.416 e. The molecule has 0 radical (unpaired) electrons. The number of nitrogens with two attached hydrogens (primary N) is 1. The Morgan fingerprint density at radius 1 is 1.03 bits per heavy atom. The zero-order valence-electron chi connectivity index (χ0n) is 16.1. The summed E-state index contributed by atoms with van der Waals surface area (Å²) in [5.41, 5.74) is 6.45. The Kier molecular flexibility index (Phi) is 4.76. The Morgan fingerprint density at radius 3 is 2.43 bits per heavy atom. The van der Waals surface area contributed by atoms with Crippen LogP contribution >= 0.6 is 0 Å². The van der Waals surface area contributed by atoms with Crippen LogP contribution < -0.4 is 5.73 Å². The van der Waals surface area contributed by atoms with Gasteiger partial charge in [-0.3, -0.25) is 4.79 Å². The highest BCUT2D eigenvalue weighted by atomic mass is 19.4. The molecule has 0 spiro atoms. The molecule has 0 fully saturated rings. The number of alkyl halides is 3. The normalized spacial score (nSPS) is 12.0. The van der Waals surface area contributed by atoms with Gasteiger partial charge in [0.15, 0.2) is 0 Å². The predicted octanol–water partition coefficient (Wildman–Crippen LogP) is 5.66. The topological polar surface area (TPSA) is 48.0 Å². The average Bonchev–Trinajstić information content (AvgIpc) is 3.01. The van der Waals surface area contributed by atoms with Crippen LogP contribution in [-0.2, 0) is 19.1 Å². The van der Waals surface area contributed by atoms with Gasteiger partial charge in [-0.25, -0.2) is 4.39 Å². The Hall–Kier alpha value is -3.35. The number of hydrogen-bond donors (Lipinski definition) is 1. The van der Waals surface area contributed by atoms with Crippen molar-refractivity contribution in [3.63, 3.8) is 0 Å². The van der Waals surface area contributed by atoms with Crippen molar-refractivity contribution < 1.29 is 22.4 Å². The van der Waals surface area contributed by atoms with Gasteiger partial charge in [0.2, 0.25) is 5.91 Å². The molecule has 3 aromatic carbocycles. The van der Waals surface area contributed by atoms with Crippen molar-refractivity contribution in [3.05, 3.63) is 82.7 Å². The molecule has 1 heterocycles. The molecule has 30 heavy (non-hydrogen) atoms. The molecule has 154 valence electrons. The summed E-state index contributed by atoms with van der Waals surface area (Å²) in [6, 6.07) is 13.4. The van der Waals surface area contributed by atoms with Gasteiger partial charge in [-0.1, -0.05) is 31.2 Å². The molecular formula is C23H18F4N2O. The number of aryl methyl sites for hydroxylation is 1. The third-order valence-corrected chi connectivity index (χ3v) is 5.37. The molecule has 0 saturated carbocycles. The SMILES string of the molecule is CCc1ccc2c3c(C(N)=O)cccc3n(Cc3c(F)cccc3C(F)(F)F)c2c1. The van der Waals surface area contributed by atoms with Gasteiger partial charge in [0.05, 0.1) is 17.6 Å². The number of nitrogens with zero attached hydrogens (tertiary/aromatic N) is 1. The van der Waals surface area contributed by atoms with Gasteiger partial charge < -0.3 is 10.3 Å². The Morgan fingerprint density at radius 2 is 1.77 bits per heavy atom. The number of hydrogen-bond acceptors (Lipinski definition) is 1. The summed E-state index contributed by atoms with van der Waals surface area (Å²) in [6.45, 7) is 1.62. The Bertz CT molecular complexity index is 1290. The van der Waals surface area contributed by atoms with Gasteiger partial charge >= 0.3 is 6.18 Å². The van der Waals surface area contributed by atoms with Crippen LogP contribution in [0, 0.1) is 5.82 Å². The van der Waals surface area contributed by atoms with Gasteiger partial charge in [0, 0.05) is 27.4 Å². The van der Waals surface area contributed by atoms with E-state index in [1.807, 2.05) is 25.1 Å². The van der Waals surface area contributed by atoms with E-state index in [9.17, 15) is 22.4 Å². The molecule has 0 unspecified atom stereocenters. The smallest absolute Gasteiger partial charge is 0.366 e. The minimum absolute atomic E-state index is 0.269. The van der Waals surface area contributed by atoms with Gasteiger partial charge in [-0.2, -0.15) is 13.2 Å². The molecule has 1 amide bonds.